The Kier molecular flexibility index (Phi) is 9.01. The van der Waals surface area contributed by atoms with Crippen molar-refractivity contribution in [3.05, 3.63) is 90.0 Å². The van der Waals surface area contributed by atoms with Gasteiger partial charge in [0.25, 0.3) is 0 Å². The van der Waals surface area contributed by atoms with Crippen molar-refractivity contribution in [2.24, 2.45) is 0 Å². The van der Waals surface area contributed by atoms with Gasteiger partial charge in [-0.2, -0.15) is 0 Å². The van der Waals surface area contributed by atoms with E-state index in [-0.39, 0.29) is 18.4 Å². The number of nitrogens with one attached hydrogen (secondary N) is 2. The zero-order valence-electron chi connectivity index (χ0n) is 22.7. The van der Waals surface area contributed by atoms with Crippen LogP contribution in [0.1, 0.15) is 43.2 Å². The van der Waals surface area contributed by atoms with E-state index in [4.69, 9.17) is 14.3 Å². The number of piperazine rings is 1. The number of nitrogens with zero attached hydrogens (tertiary/aromatic N) is 1. The van der Waals surface area contributed by atoms with Crippen molar-refractivity contribution in [1.29, 1.82) is 0 Å². The van der Waals surface area contributed by atoms with Crippen LogP contribution in [0.2, 0.25) is 0 Å². The number of anilines is 1. The maximum absolute atomic E-state index is 13.1. The van der Waals surface area contributed by atoms with E-state index in [1.54, 1.807) is 7.11 Å². The van der Waals surface area contributed by atoms with Gasteiger partial charge in [0.2, 0.25) is 5.91 Å². The Morgan fingerprint density at radius 2 is 1.69 bits per heavy atom. The molecule has 3 aromatic carbocycles. The van der Waals surface area contributed by atoms with Crippen LogP contribution in [0.15, 0.2) is 78.9 Å². The summed E-state index contributed by atoms with van der Waals surface area (Å²) < 4.78 is 12.0. The number of hydroxylamine groups is 1. The van der Waals surface area contributed by atoms with Crippen molar-refractivity contribution in [1.82, 2.24) is 10.8 Å². The lowest BCUT2D eigenvalue weighted by Crippen LogP contribution is -2.63. The van der Waals surface area contributed by atoms with Gasteiger partial charge in [0, 0.05) is 43.3 Å². The van der Waals surface area contributed by atoms with Crippen molar-refractivity contribution in [2.45, 2.75) is 56.8 Å². The van der Waals surface area contributed by atoms with Crippen molar-refractivity contribution >= 4 is 11.6 Å². The average molecular weight is 530 g/mol. The van der Waals surface area contributed by atoms with Crippen molar-refractivity contribution < 1.29 is 19.1 Å². The van der Waals surface area contributed by atoms with Gasteiger partial charge < -0.3 is 19.7 Å². The van der Waals surface area contributed by atoms with Crippen molar-refractivity contribution in [2.75, 3.05) is 31.6 Å². The number of carbonyl (C=O) groups is 1. The number of hydrogen-bond donors (Lipinski definition) is 2. The third-order valence-electron chi connectivity index (χ3n) is 7.64. The van der Waals surface area contributed by atoms with E-state index in [0.717, 1.165) is 55.1 Å². The Balaban J connectivity index is 1.31. The van der Waals surface area contributed by atoms with E-state index in [0.29, 0.717) is 13.2 Å². The average Bonchev–Trinajstić information content (AvgIpc) is 3.47. The monoisotopic (exact) mass is 529 g/mol. The van der Waals surface area contributed by atoms with E-state index < -0.39 is 5.54 Å². The second-order valence-corrected chi connectivity index (χ2v) is 10.6. The Hall–Kier alpha value is -3.55. The quantitative estimate of drug-likeness (QED) is 0.339. The summed E-state index contributed by atoms with van der Waals surface area (Å²) in [7, 11) is 1.69. The lowest BCUT2D eigenvalue weighted by molar-refractivity contribution is -0.136. The van der Waals surface area contributed by atoms with Crippen molar-refractivity contribution in [3.8, 4) is 11.5 Å². The summed E-state index contributed by atoms with van der Waals surface area (Å²) in [4.78, 5) is 21.0. The Morgan fingerprint density at radius 3 is 2.41 bits per heavy atom. The molecule has 1 aliphatic heterocycles. The smallest absolute Gasteiger partial charge is 0.245 e. The van der Waals surface area contributed by atoms with Gasteiger partial charge in [0.1, 0.15) is 0 Å². The van der Waals surface area contributed by atoms with Gasteiger partial charge in [-0.25, -0.2) is 5.48 Å². The summed E-state index contributed by atoms with van der Waals surface area (Å²) in [5.41, 5.74) is 5.47. The van der Waals surface area contributed by atoms with E-state index in [1.165, 1.54) is 18.4 Å². The molecule has 2 fully saturated rings. The molecular formula is C32H39N3O4. The molecular weight excluding hydrogens is 490 g/mol. The van der Waals surface area contributed by atoms with Gasteiger partial charge in [0.15, 0.2) is 11.5 Å². The SMILES string of the molecule is COc1ccc(N2CCN[C@](CC(=O)NOCc3ccccc3)(Cc3ccccc3)C2)cc1OC1CCCC1. The van der Waals surface area contributed by atoms with E-state index in [9.17, 15) is 4.79 Å². The molecule has 39 heavy (non-hydrogen) atoms. The van der Waals surface area contributed by atoms with Gasteiger partial charge in [-0.3, -0.25) is 9.63 Å². The van der Waals surface area contributed by atoms with Crippen LogP contribution in [-0.2, 0) is 22.7 Å². The fraction of sp³-hybridized carbons (Fsp3) is 0.406. The highest BCUT2D eigenvalue weighted by Gasteiger charge is 2.38. The molecule has 7 heteroatoms. The molecule has 1 aliphatic carbocycles. The molecule has 0 spiro atoms. The second kappa shape index (κ2) is 13.0. The minimum atomic E-state index is -0.466. The maximum atomic E-state index is 13.1. The molecule has 1 saturated carbocycles. The predicted molar refractivity (Wildman–Crippen MR) is 153 cm³/mol. The minimum absolute atomic E-state index is 0.142. The van der Waals surface area contributed by atoms with Crippen LogP contribution in [0.4, 0.5) is 5.69 Å². The number of benzene rings is 3. The number of methoxy groups -OCH3 is 1. The number of rotatable bonds is 11. The van der Waals surface area contributed by atoms with Crippen LogP contribution < -0.4 is 25.2 Å². The summed E-state index contributed by atoms with van der Waals surface area (Å²) in [5, 5.41) is 3.70. The standard InChI is InChI=1S/C32H39N3O4/c1-37-29-17-16-27(20-30(29)39-28-14-8-9-15-28)35-19-18-33-32(24-35,21-25-10-4-2-5-11-25)22-31(36)34-38-23-26-12-6-3-7-13-26/h2-7,10-13,16-17,20,28,33H,8-9,14-15,18-19,21-24H2,1H3,(H,34,36)/t32-/m0/s1. The number of ether oxygens (including phenoxy) is 2. The summed E-state index contributed by atoms with van der Waals surface area (Å²) in [5.74, 6) is 1.41. The fourth-order valence-electron chi connectivity index (χ4n) is 5.72. The number of hydrogen-bond acceptors (Lipinski definition) is 6. The first-order valence-electron chi connectivity index (χ1n) is 14.0. The van der Waals surface area contributed by atoms with Gasteiger partial charge in [-0.05, 0) is 55.4 Å². The summed E-state index contributed by atoms with van der Waals surface area (Å²) in [6.45, 7) is 2.59. The lowest BCUT2D eigenvalue weighted by atomic mass is 9.85. The molecule has 3 aromatic rings. The van der Waals surface area contributed by atoms with E-state index in [1.807, 2.05) is 54.6 Å². The third-order valence-corrected chi connectivity index (χ3v) is 7.64. The molecule has 0 aromatic heterocycles. The normalized spacial score (nSPS) is 19.6. The Bertz CT molecular complexity index is 1200. The van der Waals surface area contributed by atoms with Crippen LogP contribution in [-0.4, -0.2) is 44.3 Å². The first kappa shape index (κ1) is 27.0. The van der Waals surface area contributed by atoms with Gasteiger partial charge in [-0.1, -0.05) is 60.7 Å². The molecule has 1 heterocycles. The van der Waals surface area contributed by atoms with Crippen molar-refractivity contribution in [3.63, 3.8) is 0 Å². The summed E-state index contributed by atoms with van der Waals surface area (Å²) in [6, 6.07) is 26.3. The molecule has 1 atom stereocenters. The number of carbonyl (C=O) groups excluding carboxylic acids is 1. The molecule has 2 N–H and O–H groups in total. The van der Waals surface area contributed by atoms with E-state index in [2.05, 4.69) is 40.0 Å². The molecule has 5 rings (SSSR count). The molecule has 1 amide bonds. The van der Waals surface area contributed by atoms with Gasteiger partial charge >= 0.3 is 0 Å². The molecule has 2 aliphatic rings. The maximum Gasteiger partial charge on any atom is 0.245 e. The van der Waals surface area contributed by atoms with Crippen LogP contribution in [0.5, 0.6) is 11.5 Å². The molecule has 1 saturated heterocycles. The van der Waals surface area contributed by atoms with Crippen LogP contribution in [0.3, 0.4) is 0 Å². The summed E-state index contributed by atoms with van der Waals surface area (Å²) in [6.07, 6.45) is 5.85. The second-order valence-electron chi connectivity index (χ2n) is 10.6. The lowest BCUT2D eigenvalue weighted by Gasteiger charge is -2.45. The Morgan fingerprint density at radius 1 is 0.974 bits per heavy atom. The molecule has 0 bridgehead atoms. The molecule has 0 radical (unpaired) electrons. The Labute approximate surface area is 231 Å². The van der Waals surface area contributed by atoms with Gasteiger partial charge in [0.05, 0.1) is 19.8 Å². The summed E-state index contributed by atoms with van der Waals surface area (Å²) >= 11 is 0. The van der Waals surface area contributed by atoms with Gasteiger partial charge in [-0.15, -0.1) is 0 Å². The van der Waals surface area contributed by atoms with Crippen LogP contribution >= 0.6 is 0 Å². The molecule has 0 unspecified atom stereocenters. The zero-order chi connectivity index (χ0) is 26.9. The minimum Gasteiger partial charge on any atom is -0.493 e. The first-order chi connectivity index (χ1) is 19.1. The highest BCUT2D eigenvalue weighted by atomic mass is 16.6. The highest BCUT2D eigenvalue weighted by Crippen LogP contribution is 2.36. The largest absolute Gasteiger partial charge is 0.493 e. The fourth-order valence-corrected chi connectivity index (χ4v) is 5.72. The first-order valence-corrected chi connectivity index (χ1v) is 14.0. The third kappa shape index (κ3) is 7.31. The predicted octanol–water partition coefficient (Wildman–Crippen LogP) is 5.05. The zero-order valence-corrected chi connectivity index (χ0v) is 22.7. The van der Waals surface area contributed by atoms with Crippen LogP contribution in [0, 0.1) is 0 Å². The van der Waals surface area contributed by atoms with Crippen LogP contribution in [0.25, 0.3) is 0 Å². The molecule has 206 valence electrons. The number of amides is 1. The highest BCUT2D eigenvalue weighted by molar-refractivity contribution is 5.76. The van der Waals surface area contributed by atoms with E-state index >= 15 is 0 Å². The topological polar surface area (TPSA) is 72.1 Å². The molecule has 7 nitrogen and oxygen atoms in total.